The van der Waals surface area contributed by atoms with Gasteiger partial charge in [-0.1, -0.05) is 49.7 Å². The first-order valence-corrected chi connectivity index (χ1v) is 9.49. The van der Waals surface area contributed by atoms with E-state index in [-0.39, 0.29) is 6.42 Å². The number of aliphatic carboxylic acids is 1. The summed E-state index contributed by atoms with van der Waals surface area (Å²) in [5, 5.41) is 11.5. The van der Waals surface area contributed by atoms with Gasteiger partial charge < -0.3 is 9.84 Å². The predicted octanol–water partition coefficient (Wildman–Crippen LogP) is 4.97. The van der Waals surface area contributed by atoms with Crippen molar-refractivity contribution in [1.29, 1.82) is 0 Å². The third kappa shape index (κ3) is 4.92. The van der Waals surface area contributed by atoms with Gasteiger partial charge in [0.25, 0.3) is 0 Å². The number of hydrogen-bond acceptors (Lipinski definition) is 4. The van der Waals surface area contributed by atoms with Gasteiger partial charge >= 0.3 is 5.97 Å². The van der Waals surface area contributed by atoms with E-state index in [0.717, 1.165) is 34.7 Å². The molecule has 5 heteroatoms. The van der Waals surface area contributed by atoms with Crippen molar-refractivity contribution < 1.29 is 14.6 Å². The predicted molar refractivity (Wildman–Crippen MR) is 104 cm³/mol. The fraction of sp³-hybridized carbons (Fsp3) is 0.238. The van der Waals surface area contributed by atoms with Crippen molar-refractivity contribution in [3.8, 4) is 16.3 Å². The van der Waals surface area contributed by atoms with Crippen molar-refractivity contribution >= 4 is 17.3 Å². The topological polar surface area (TPSA) is 59.4 Å². The number of aromatic nitrogens is 1. The lowest BCUT2D eigenvalue weighted by Gasteiger charge is -2.08. The van der Waals surface area contributed by atoms with E-state index in [4.69, 9.17) is 9.84 Å². The smallest absolute Gasteiger partial charge is 0.309 e. The molecule has 0 unspecified atom stereocenters. The molecule has 0 aliphatic heterocycles. The molecule has 0 saturated carbocycles. The Balaban J connectivity index is 1.59. The van der Waals surface area contributed by atoms with Crippen LogP contribution in [0.2, 0.25) is 0 Å². The van der Waals surface area contributed by atoms with Gasteiger partial charge in [-0.05, 0) is 29.7 Å². The zero-order valence-electron chi connectivity index (χ0n) is 14.6. The van der Waals surface area contributed by atoms with Crippen LogP contribution in [-0.2, 0) is 24.2 Å². The maximum absolute atomic E-state index is 10.7. The molecule has 3 aromatic rings. The molecule has 4 nitrogen and oxygen atoms in total. The van der Waals surface area contributed by atoms with Gasteiger partial charge in [0.1, 0.15) is 17.4 Å². The van der Waals surface area contributed by atoms with E-state index in [1.54, 1.807) is 5.38 Å². The second-order valence-corrected chi connectivity index (χ2v) is 6.95. The molecule has 0 fully saturated rings. The number of carboxylic acids is 1. The summed E-state index contributed by atoms with van der Waals surface area (Å²) < 4.78 is 5.84. The quantitative estimate of drug-likeness (QED) is 0.611. The number of benzene rings is 2. The molecular formula is C21H21NO3S. The second-order valence-electron chi connectivity index (χ2n) is 6.09. The Labute approximate surface area is 157 Å². The van der Waals surface area contributed by atoms with Gasteiger partial charge in [0.15, 0.2) is 0 Å². The number of carboxylic acid groups (broad SMARTS) is 1. The summed E-state index contributed by atoms with van der Waals surface area (Å²) in [5.74, 6) is 0.00393. The largest absolute Gasteiger partial charge is 0.489 e. The molecule has 0 amide bonds. The van der Waals surface area contributed by atoms with E-state index in [1.165, 1.54) is 16.9 Å². The van der Waals surface area contributed by atoms with Gasteiger partial charge in [-0.3, -0.25) is 4.79 Å². The summed E-state index contributed by atoms with van der Waals surface area (Å²) in [5.41, 5.74) is 3.99. The third-order valence-electron chi connectivity index (χ3n) is 3.95. The molecule has 134 valence electrons. The van der Waals surface area contributed by atoms with Crippen molar-refractivity contribution in [2.24, 2.45) is 0 Å². The molecule has 0 radical (unpaired) electrons. The Morgan fingerprint density at radius 1 is 1.08 bits per heavy atom. The van der Waals surface area contributed by atoms with E-state index in [0.29, 0.717) is 12.3 Å². The Bertz CT molecular complexity index is 854. The maximum atomic E-state index is 10.7. The average Bonchev–Trinajstić information content (AvgIpc) is 3.09. The van der Waals surface area contributed by atoms with Crippen LogP contribution >= 0.6 is 11.3 Å². The highest BCUT2D eigenvalue weighted by molar-refractivity contribution is 7.13. The van der Waals surface area contributed by atoms with Crippen molar-refractivity contribution in [2.45, 2.75) is 32.8 Å². The molecule has 0 aliphatic rings. The van der Waals surface area contributed by atoms with E-state index in [1.807, 2.05) is 36.4 Å². The SMILES string of the molecule is CCCc1ccc(OCc2ccc(-c3nc(CC(=O)O)cs3)cc2)cc1. The summed E-state index contributed by atoms with van der Waals surface area (Å²) >= 11 is 1.46. The van der Waals surface area contributed by atoms with Gasteiger partial charge in [0.2, 0.25) is 0 Å². The lowest BCUT2D eigenvalue weighted by Crippen LogP contribution is -1.99. The van der Waals surface area contributed by atoms with Crippen molar-refractivity contribution in [1.82, 2.24) is 4.98 Å². The summed E-state index contributed by atoms with van der Waals surface area (Å²) in [6.07, 6.45) is 2.19. The minimum atomic E-state index is -0.864. The zero-order chi connectivity index (χ0) is 18.4. The van der Waals surface area contributed by atoms with Crippen molar-refractivity contribution in [2.75, 3.05) is 0 Å². The summed E-state index contributed by atoms with van der Waals surface area (Å²) in [4.78, 5) is 15.1. The van der Waals surface area contributed by atoms with Crippen molar-refractivity contribution in [3.05, 3.63) is 70.7 Å². The Hall–Kier alpha value is -2.66. The van der Waals surface area contributed by atoms with Crippen LogP contribution in [0.15, 0.2) is 53.9 Å². The first-order valence-electron chi connectivity index (χ1n) is 8.61. The zero-order valence-corrected chi connectivity index (χ0v) is 15.5. The molecule has 3 rings (SSSR count). The first kappa shape index (κ1) is 18.1. The second kappa shape index (κ2) is 8.63. The molecule has 0 bridgehead atoms. The maximum Gasteiger partial charge on any atom is 0.309 e. The summed E-state index contributed by atoms with van der Waals surface area (Å²) in [6.45, 7) is 2.68. The summed E-state index contributed by atoms with van der Waals surface area (Å²) in [7, 11) is 0. The Morgan fingerprint density at radius 3 is 2.42 bits per heavy atom. The molecule has 0 saturated heterocycles. The van der Waals surface area contributed by atoms with Gasteiger partial charge in [-0.2, -0.15) is 0 Å². The molecular weight excluding hydrogens is 346 g/mol. The fourth-order valence-corrected chi connectivity index (χ4v) is 3.45. The highest BCUT2D eigenvalue weighted by Crippen LogP contribution is 2.24. The Morgan fingerprint density at radius 2 is 1.77 bits per heavy atom. The number of carbonyl (C=O) groups is 1. The molecule has 1 N–H and O–H groups in total. The van der Waals surface area contributed by atoms with Gasteiger partial charge in [-0.15, -0.1) is 11.3 Å². The van der Waals surface area contributed by atoms with E-state index in [9.17, 15) is 4.79 Å². The van der Waals surface area contributed by atoms with Crippen LogP contribution < -0.4 is 4.74 Å². The number of hydrogen-bond donors (Lipinski definition) is 1. The van der Waals surface area contributed by atoms with E-state index >= 15 is 0 Å². The molecule has 0 atom stereocenters. The van der Waals surface area contributed by atoms with Crippen LogP contribution in [0.4, 0.5) is 0 Å². The van der Waals surface area contributed by atoms with Crippen LogP contribution in [-0.4, -0.2) is 16.1 Å². The summed E-state index contributed by atoms with van der Waals surface area (Å²) in [6, 6.07) is 16.3. The highest BCUT2D eigenvalue weighted by Gasteiger charge is 2.08. The third-order valence-corrected chi connectivity index (χ3v) is 4.89. The van der Waals surface area contributed by atoms with E-state index in [2.05, 4.69) is 24.0 Å². The lowest BCUT2D eigenvalue weighted by molar-refractivity contribution is -0.136. The molecule has 1 heterocycles. The number of thiazole rings is 1. The minimum Gasteiger partial charge on any atom is -0.489 e. The van der Waals surface area contributed by atoms with Gasteiger partial charge in [-0.25, -0.2) is 4.98 Å². The van der Waals surface area contributed by atoms with Crippen LogP contribution in [0.3, 0.4) is 0 Å². The van der Waals surface area contributed by atoms with Crippen molar-refractivity contribution in [3.63, 3.8) is 0 Å². The molecule has 2 aromatic carbocycles. The number of nitrogens with zero attached hydrogens (tertiary/aromatic N) is 1. The standard InChI is InChI=1S/C21H21NO3S/c1-2-3-15-6-10-19(11-7-15)25-13-16-4-8-17(9-5-16)21-22-18(14-26-21)12-20(23)24/h4-11,14H,2-3,12-13H2,1H3,(H,23,24). The molecule has 1 aromatic heterocycles. The van der Waals surface area contributed by atoms with Crippen LogP contribution in [0.25, 0.3) is 10.6 Å². The van der Waals surface area contributed by atoms with Gasteiger partial charge in [0.05, 0.1) is 12.1 Å². The highest BCUT2D eigenvalue weighted by atomic mass is 32.1. The van der Waals surface area contributed by atoms with Gasteiger partial charge in [0, 0.05) is 10.9 Å². The number of ether oxygens (including phenoxy) is 1. The normalized spacial score (nSPS) is 10.7. The Kier molecular flexibility index (Phi) is 6.02. The fourth-order valence-electron chi connectivity index (χ4n) is 2.63. The first-order chi connectivity index (χ1) is 12.6. The molecule has 0 aliphatic carbocycles. The monoisotopic (exact) mass is 367 g/mol. The average molecular weight is 367 g/mol. The van der Waals surface area contributed by atoms with Crippen LogP contribution in [0, 0.1) is 0 Å². The minimum absolute atomic E-state index is 0.0422. The molecule has 0 spiro atoms. The van der Waals surface area contributed by atoms with Crippen LogP contribution in [0.5, 0.6) is 5.75 Å². The lowest BCUT2D eigenvalue weighted by atomic mass is 10.1. The number of aryl methyl sites for hydroxylation is 1. The molecule has 26 heavy (non-hydrogen) atoms. The van der Waals surface area contributed by atoms with E-state index < -0.39 is 5.97 Å². The number of rotatable bonds is 8. The van der Waals surface area contributed by atoms with Crippen LogP contribution in [0.1, 0.15) is 30.2 Å².